The van der Waals surface area contributed by atoms with E-state index in [2.05, 4.69) is 4.98 Å². The highest BCUT2D eigenvalue weighted by molar-refractivity contribution is 5.99. The smallest absolute Gasteiger partial charge is 0.328 e. The molecule has 0 unspecified atom stereocenters. The average molecular weight is 422 g/mol. The number of hydrogen-bond donors (Lipinski definition) is 0. The molecule has 0 spiro atoms. The molecule has 4 rings (SSSR count). The van der Waals surface area contributed by atoms with E-state index in [4.69, 9.17) is 13.9 Å². The molecule has 162 valence electrons. The number of benzene rings is 2. The van der Waals surface area contributed by atoms with Gasteiger partial charge >= 0.3 is 5.97 Å². The predicted octanol–water partition coefficient (Wildman–Crippen LogP) is 3.99. The largest absolute Gasteiger partial charge is 0.497 e. The van der Waals surface area contributed by atoms with Gasteiger partial charge in [-0.25, -0.2) is 9.78 Å². The van der Waals surface area contributed by atoms with Gasteiger partial charge in [-0.2, -0.15) is 0 Å². The van der Waals surface area contributed by atoms with Crippen molar-refractivity contribution in [2.75, 3.05) is 20.3 Å². The lowest BCUT2D eigenvalue weighted by atomic mass is 10.0. The zero-order valence-electron chi connectivity index (χ0n) is 17.8. The Morgan fingerprint density at radius 1 is 1.16 bits per heavy atom. The van der Waals surface area contributed by atoms with Gasteiger partial charge in [0.25, 0.3) is 5.91 Å². The molecule has 1 atom stereocenters. The summed E-state index contributed by atoms with van der Waals surface area (Å²) in [6.45, 7) is 2.62. The number of aromatic nitrogens is 1. The van der Waals surface area contributed by atoms with Crippen LogP contribution >= 0.6 is 0 Å². The predicted molar refractivity (Wildman–Crippen MR) is 115 cm³/mol. The molecule has 0 bridgehead atoms. The van der Waals surface area contributed by atoms with Gasteiger partial charge in [0, 0.05) is 18.5 Å². The molecule has 3 aromatic rings. The Hall–Kier alpha value is -3.35. The minimum absolute atomic E-state index is 0.187. The van der Waals surface area contributed by atoms with E-state index in [0.29, 0.717) is 48.5 Å². The molecule has 1 fully saturated rings. The Labute approximate surface area is 181 Å². The zero-order valence-corrected chi connectivity index (χ0v) is 17.8. The van der Waals surface area contributed by atoms with E-state index in [1.807, 2.05) is 24.3 Å². The fourth-order valence-electron chi connectivity index (χ4n) is 3.92. The molecule has 31 heavy (non-hydrogen) atoms. The Morgan fingerprint density at radius 2 is 1.97 bits per heavy atom. The van der Waals surface area contributed by atoms with E-state index >= 15 is 0 Å². The number of amides is 1. The first-order valence-corrected chi connectivity index (χ1v) is 10.6. The second-order valence-electron chi connectivity index (χ2n) is 7.58. The normalized spacial score (nSPS) is 16.3. The molecule has 1 aliphatic heterocycles. The van der Waals surface area contributed by atoms with Gasteiger partial charge in [0.1, 0.15) is 17.3 Å². The second kappa shape index (κ2) is 9.20. The van der Waals surface area contributed by atoms with Crippen LogP contribution in [0.5, 0.6) is 5.75 Å². The number of fused-ring (bicyclic) bond motifs is 1. The highest BCUT2D eigenvalue weighted by Crippen LogP contribution is 2.24. The van der Waals surface area contributed by atoms with Crippen LogP contribution in [0, 0.1) is 0 Å². The molecule has 1 aromatic heterocycles. The summed E-state index contributed by atoms with van der Waals surface area (Å²) in [7, 11) is 1.63. The van der Waals surface area contributed by atoms with Gasteiger partial charge in [0.15, 0.2) is 11.5 Å². The van der Waals surface area contributed by atoms with E-state index < -0.39 is 6.04 Å². The van der Waals surface area contributed by atoms with Gasteiger partial charge < -0.3 is 18.8 Å². The van der Waals surface area contributed by atoms with Crippen molar-refractivity contribution in [3.8, 4) is 5.75 Å². The van der Waals surface area contributed by atoms with E-state index in [0.717, 1.165) is 24.2 Å². The van der Waals surface area contributed by atoms with Crippen molar-refractivity contribution in [1.82, 2.24) is 9.88 Å². The van der Waals surface area contributed by atoms with Crippen LogP contribution in [-0.2, 0) is 16.0 Å². The molecular formula is C24H26N2O5. The highest BCUT2D eigenvalue weighted by Gasteiger charge is 2.33. The summed E-state index contributed by atoms with van der Waals surface area (Å²) in [4.78, 5) is 31.6. The van der Waals surface area contributed by atoms with Crippen molar-refractivity contribution in [3.05, 3.63) is 59.5 Å². The van der Waals surface area contributed by atoms with Crippen molar-refractivity contribution in [2.24, 2.45) is 0 Å². The van der Waals surface area contributed by atoms with Crippen LogP contribution in [0.4, 0.5) is 0 Å². The monoisotopic (exact) mass is 422 g/mol. The van der Waals surface area contributed by atoms with Crippen LogP contribution in [0.25, 0.3) is 11.1 Å². The lowest BCUT2D eigenvalue weighted by Crippen LogP contribution is -2.48. The maximum absolute atomic E-state index is 13.2. The van der Waals surface area contributed by atoms with Crippen LogP contribution in [0.2, 0.25) is 0 Å². The van der Waals surface area contributed by atoms with Crippen LogP contribution in [-0.4, -0.2) is 48.1 Å². The van der Waals surface area contributed by atoms with Gasteiger partial charge in [-0.1, -0.05) is 12.1 Å². The molecule has 2 aromatic carbocycles. The van der Waals surface area contributed by atoms with Gasteiger partial charge in [-0.05, 0) is 62.1 Å². The number of rotatable bonds is 6. The number of hydrogen-bond acceptors (Lipinski definition) is 6. The number of esters is 1. The van der Waals surface area contributed by atoms with Gasteiger partial charge in [-0.3, -0.25) is 4.79 Å². The van der Waals surface area contributed by atoms with Crippen LogP contribution in [0.15, 0.2) is 46.9 Å². The summed E-state index contributed by atoms with van der Waals surface area (Å²) in [5.41, 5.74) is 2.78. The minimum Gasteiger partial charge on any atom is -0.497 e. The maximum Gasteiger partial charge on any atom is 0.328 e. The minimum atomic E-state index is -0.530. The summed E-state index contributed by atoms with van der Waals surface area (Å²) in [5, 5.41) is 0. The van der Waals surface area contributed by atoms with Crippen LogP contribution in [0.1, 0.15) is 48.0 Å². The lowest BCUT2D eigenvalue weighted by molar-refractivity contribution is -0.149. The van der Waals surface area contributed by atoms with E-state index in [-0.39, 0.29) is 11.9 Å². The molecule has 0 saturated carbocycles. The molecule has 0 radical (unpaired) electrons. The summed E-state index contributed by atoms with van der Waals surface area (Å²) in [6, 6.07) is 12.4. The third-order valence-electron chi connectivity index (χ3n) is 5.52. The standard InChI is InChI=1S/C24H26N2O5/c1-3-30-24(28)20-6-4-5-13-26(20)23(27)17-9-12-19-21(15-17)31-22(25-19)14-16-7-10-18(29-2)11-8-16/h7-12,15,20H,3-6,13-14H2,1-2H3/t20-/m0/s1. The number of ether oxygens (including phenoxy) is 2. The van der Waals surface area contributed by atoms with Gasteiger partial charge in [0.2, 0.25) is 0 Å². The van der Waals surface area contributed by atoms with Gasteiger partial charge in [-0.15, -0.1) is 0 Å². The molecular weight excluding hydrogens is 396 g/mol. The summed E-state index contributed by atoms with van der Waals surface area (Å²) in [6.07, 6.45) is 2.95. The van der Waals surface area contributed by atoms with Gasteiger partial charge in [0.05, 0.1) is 13.7 Å². The highest BCUT2D eigenvalue weighted by atomic mass is 16.5. The molecule has 1 aliphatic rings. The fourth-order valence-corrected chi connectivity index (χ4v) is 3.92. The third-order valence-corrected chi connectivity index (χ3v) is 5.52. The number of carbonyl (C=O) groups excluding carboxylic acids is 2. The van der Waals surface area contributed by atoms with Crippen LogP contribution in [0.3, 0.4) is 0 Å². The first kappa shape index (κ1) is 20.9. The number of methoxy groups -OCH3 is 1. The molecule has 0 aliphatic carbocycles. The number of likely N-dealkylation sites (tertiary alicyclic amines) is 1. The first-order chi connectivity index (χ1) is 15.1. The molecule has 1 amide bonds. The second-order valence-corrected chi connectivity index (χ2v) is 7.58. The summed E-state index contributed by atoms with van der Waals surface area (Å²) >= 11 is 0. The molecule has 7 nitrogen and oxygen atoms in total. The fraction of sp³-hybridized carbons (Fsp3) is 0.375. The Morgan fingerprint density at radius 3 is 2.71 bits per heavy atom. The topological polar surface area (TPSA) is 81.9 Å². The Balaban J connectivity index is 1.54. The van der Waals surface area contributed by atoms with Crippen molar-refractivity contribution in [1.29, 1.82) is 0 Å². The Bertz CT molecular complexity index is 1070. The third kappa shape index (κ3) is 4.55. The average Bonchev–Trinajstić information content (AvgIpc) is 3.20. The molecule has 0 N–H and O–H groups in total. The van der Waals surface area contributed by atoms with Crippen LogP contribution < -0.4 is 4.74 Å². The SMILES string of the molecule is CCOC(=O)[C@@H]1CCCCN1C(=O)c1ccc2nc(Cc3ccc(OC)cc3)oc2c1. The number of oxazole rings is 1. The number of nitrogens with zero attached hydrogens (tertiary/aromatic N) is 2. The molecule has 7 heteroatoms. The van der Waals surface area contributed by atoms with E-state index in [9.17, 15) is 9.59 Å². The summed E-state index contributed by atoms with van der Waals surface area (Å²) < 4.78 is 16.3. The maximum atomic E-state index is 13.2. The Kier molecular flexibility index (Phi) is 6.21. The first-order valence-electron chi connectivity index (χ1n) is 10.6. The lowest BCUT2D eigenvalue weighted by Gasteiger charge is -2.34. The summed E-state index contributed by atoms with van der Waals surface area (Å²) in [5.74, 6) is 0.848. The van der Waals surface area contributed by atoms with Crippen molar-refractivity contribution < 1.29 is 23.5 Å². The molecule has 2 heterocycles. The quantitative estimate of drug-likeness (QED) is 0.559. The van der Waals surface area contributed by atoms with E-state index in [1.165, 1.54) is 0 Å². The van der Waals surface area contributed by atoms with Crippen molar-refractivity contribution in [2.45, 2.75) is 38.6 Å². The number of piperidine rings is 1. The van der Waals surface area contributed by atoms with E-state index in [1.54, 1.807) is 37.1 Å². The van der Waals surface area contributed by atoms with Crippen molar-refractivity contribution in [3.63, 3.8) is 0 Å². The molecule has 1 saturated heterocycles. The van der Waals surface area contributed by atoms with Crippen molar-refractivity contribution >= 4 is 23.0 Å². The zero-order chi connectivity index (χ0) is 21.8. The number of carbonyl (C=O) groups is 2.